The van der Waals surface area contributed by atoms with Crippen LogP contribution < -0.4 is 5.32 Å². The summed E-state index contributed by atoms with van der Waals surface area (Å²) in [6.45, 7) is -0.126. The van der Waals surface area contributed by atoms with Crippen molar-refractivity contribution in [1.82, 2.24) is 5.32 Å². The molecule has 170 valence electrons. The molecule has 0 saturated heterocycles. The van der Waals surface area contributed by atoms with E-state index in [4.69, 9.17) is 14.2 Å². The van der Waals surface area contributed by atoms with E-state index in [0.29, 0.717) is 5.56 Å². The molecule has 0 heterocycles. The van der Waals surface area contributed by atoms with Gasteiger partial charge >= 0.3 is 11.9 Å². The Morgan fingerprint density at radius 3 is 2.22 bits per heavy atom. The van der Waals surface area contributed by atoms with Crippen LogP contribution in [-0.2, 0) is 35.2 Å². The highest BCUT2D eigenvalue weighted by Crippen LogP contribution is 2.27. The van der Waals surface area contributed by atoms with E-state index >= 15 is 0 Å². The highest BCUT2D eigenvalue weighted by Gasteiger charge is 2.34. The van der Waals surface area contributed by atoms with Crippen molar-refractivity contribution in [3.05, 3.63) is 75.8 Å². The molecule has 0 aliphatic carbocycles. The molecule has 10 heteroatoms. The molecule has 0 saturated carbocycles. The lowest BCUT2D eigenvalue weighted by Gasteiger charge is -2.25. The third-order valence-corrected chi connectivity index (χ3v) is 4.66. The number of rotatable bonds is 11. The number of nitro benzene ring substituents is 1. The van der Waals surface area contributed by atoms with E-state index in [1.807, 2.05) is 30.3 Å². The summed E-state index contributed by atoms with van der Waals surface area (Å²) in [6.07, 6.45) is -0.265. The average molecular weight is 444 g/mol. The summed E-state index contributed by atoms with van der Waals surface area (Å²) in [5.41, 5.74) is 1.14. The number of non-ortho nitro benzene ring substituents is 1. The fraction of sp³-hybridized carbons (Fsp3) is 0.318. The van der Waals surface area contributed by atoms with Gasteiger partial charge in [0.25, 0.3) is 5.69 Å². The summed E-state index contributed by atoms with van der Waals surface area (Å²) in [4.78, 5) is 47.3. The van der Waals surface area contributed by atoms with Crippen LogP contribution in [0.15, 0.2) is 54.6 Å². The molecular weight excluding hydrogens is 420 g/mol. The molecule has 0 bridgehead atoms. The summed E-state index contributed by atoms with van der Waals surface area (Å²) < 4.78 is 14.9. The molecule has 0 aromatic heterocycles. The minimum Gasteiger partial charge on any atom is -0.469 e. The number of amides is 1. The molecule has 0 aliphatic rings. The number of benzene rings is 2. The topological polar surface area (TPSA) is 134 Å². The van der Waals surface area contributed by atoms with Crippen LogP contribution in [0, 0.1) is 10.1 Å². The Bertz CT molecular complexity index is 931. The number of ether oxygens (including phenoxy) is 3. The summed E-state index contributed by atoms with van der Waals surface area (Å²) in [7, 11) is 2.34. The third-order valence-electron chi connectivity index (χ3n) is 4.66. The first-order valence-corrected chi connectivity index (χ1v) is 9.65. The van der Waals surface area contributed by atoms with Gasteiger partial charge in [0.1, 0.15) is 12.6 Å². The maximum Gasteiger partial charge on any atom is 0.329 e. The zero-order valence-electron chi connectivity index (χ0n) is 17.7. The molecule has 2 aromatic rings. The van der Waals surface area contributed by atoms with E-state index in [2.05, 4.69) is 5.32 Å². The Morgan fingerprint density at radius 1 is 1.00 bits per heavy atom. The average Bonchev–Trinajstić information content (AvgIpc) is 2.81. The highest BCUT2D eigenvalue weighted by atomic mass is 16.6. The second-order valence-electron chi connectivity index (χ2n) is 6.78. The van der Waals surface area contributed by atoms with E-state index < -0.39 is 34.7 Å². The van der Waals surface area contributed by atoms with Gasteiger partial charge in [0.15, 0.2) is 0 Å². The van der Waals surface area contributed by atoms with Crippen LogP contribution in [0.1, 0.15) is 23.5 Å². The number of hydrogen-bond donors (Lipinski definition) is 1. The van der Waals surface area contributed by atoms with Crippen LogP contribution in [-0.4, -0.2) is 49.6 Å². The van der Waals surface area contributed by atoms with Crippen LogP contribution >= 0.6 is 0 Å². The number of nitrogens with one attached hydrogen (secondary N) is 1. The summed E-state index contributed by atoms with van der Waals surface area (Å²) >= 11 is 0. The van der Waals surface area contributed by atoms with Gasteiger partial charge in [-0.1, -0.05) is 42.5 Å². The fourth-order valence-electron chi connectivity index (χ4n) is 3.04. The van der Waals surface area contributed by atoms with E-state index in [1.54, 1.807) is 0 Å². The molecule has 10 nitrogen and oxygen atoms in total. The second kappa shape index (κ2) is 12.2. The van der Waals surface area contributed by atoms with Crippen molar-refractivity contribution in [2.24, 2.45) is 0 Å². The first kappa shape index (κ1) is 24.5. The molecule has 2 rings (SSSR count). The fourth-order valence-corrected chi connectivity index (χ4v) is 3.04. The Hall–Kier alpha value is -3.79. The Morgan fingerprint density at radius 2 is 1.66 bits per heavy atom. The zero-order valence-corrected chi connectivity index (χ0v) is 17.7. The van der Waals surface area contributed by atoms with Gasteiger partial charge in [-0.05, 0) is 11.1 Å². The molecule has 0 aliphatic heterocycles. The minimum atomic E-state index is -1.24. The third kappa shape index (κ3) is 7.17. The first-order valence-electron chi connectivity index (χ1n) is 9.65. The monoisotopic (exact) mass is 444 g/mol. The lowest BCUT2D eigenvalue weighted by Crippen LogP contribution is -2.47. The van der Waals surface area contributed by atoms with Crippen molar-refractivity contribution in [3.63, 3.8) is 0 Å². The van der Waals surface area contributed by atoms with Crippen molar-refractivity contribution in [3.8, 4) is 0 Å². The molecule has 0 radical (unpaired) electrons. The predicted octanol–water partition coefficient (Wildman–Crippen LogP) is 2.12. The van der Waals surface area contributed by atoms with Gasteiger partial charge in [-0.15, -0.1) is 0 Å². The molecule has 2 aromatic carbocycles. The van der Waals surface area contributed by atoms with Crippen molar-refractivity contribution < 1.29 is 33.5 Å². The van der Waals surface area contributed by atoms with Crippen LogP contribution in [0.25, 0.3) is 0 Å². The van der Waals surface area contributed by atoms with E-state index in [0.717, 1.165) is 12.7 Å². The first-order chi connectivity index (χ1) is 15.3. The van der Waals surface area contributed by atoms with Gasteiger partial charge in [-0.3, -0.25) is 19.7 Å². The number of carbonyl (C=O) groups excluding carboxylic acids is 3. The Kier molecular flexibility index (Phi) is 9.30. The molecular formula is C22H24N2O8. The van der Waals surface area contributed by atoms with Crippen LogP contribution in [0.5, 0.6) is 0 Å². The van der Waals surface area contributed by atoms with Crippen LogP contribution in [0.3, 0.4) is 0 Å². The molecule has 1 amide bonds. The van der Waals surface area contributed by atoms with Crippen LogP contribution in [0.4, 0.5) is 5.69 Å². The Labute approximate surface area is 184 Å². The second-order valence-corrected chi connectivity index (χ2v) is 6.78. The number of esters is 2. The quantitative estimate of drug-likeness (QED) is 0.316. The van der Waals surface area contributed by atoms with E-state index in [9.17, 15) is 24.5 Å². The molecule has 0 unspecified atom stereocenters. The highest BCUT2D eigenvalue weighted by molar-refractivity contribution is 5.86. The zero-order chi connectivity index (χ0) is 23.5. The maximum absolute atomic E-state index is 12.5. The molecule has 1 N–H and O–H groups in total. The lowest BCUT2D eigenvalue weighted by molar-refractivity contribution is -0.384. The van der Waals surface area contributed by atoms with E-state index in [1.165, 1.54) is 31.4 Å². The number of nitro groups is 1. The molecule has 32 heavy (non-hydrogen) atoms. The molecule has 0 fully saturated rings. The van der Waals surface area contributed by atoms with Crippen molar-refractivity contribution in [2.75, 3.05) is 20.8 Å². The maximum atomic E-state index is 12.5. The van der Waals surface area contributed by atoms with E-state index in [-0.39, 0.29) is 25.3 Å². The SMILES string of the molecule is COC(=O)C[C@H](c1ccc([N+](=O)[O-])cc1)[C@@H](NC(=O)COCc1ccccc1)C(=O)OC. The number of nitrogens with zero attached hydrogens (tertiary/aromatic N) is 1. The Balaban J connectivity index is 2.17. The standard InChI is InChI=1S/C22H24N2O8/c1-30-20(26)12-18(16-8-10-17(11-9-16)24(28)29)21(22(27)31-2)23-19(25)14-32-13-15-6-4-3-5-7-15/h3-11,18,21H,12-14H2,1-2H3,(H,23,25)/t18-,21-/m1/s1. The molecule has 0 spiro atoms. The number of carbonyl (C=O) groups is 3. The normalized spacial score (nSPS) is 12.3. The lowest BCUT2D eigenvalue weighted by atomic mass is 9.88. The van der Waals surface area contributed by atoms with Crippen molar-refractivity contribution in [2.45, 2.75) is 25.0 Å². The number of hydrogen-bond acceptors (Lipinski definition) is 8. The number of methoxy groups -OCH3 is 2. The van der Waals surface area contributed by atoms with Crippen molar-refractivity contribution >= 4 is 23.5 Å². The van der Waals surface area contributed by atoms with Crippen molar-refractivity contribution in [1.29, 1.82) is 0 Å². The van der Waals surface area contributed by atoms with Gasteiger partial charge in [0.2, 0.25) is 5.91 Å². The summed E-state index contributed by atoms with van der Waals surface area (Å²) in [5, 5.41) is 13.5. The molecule has 2 atom stereocenters. The van der Waals surface area contributed by atoms with Gasteiger partial charge in [0.05, 0.1) is 32.2 Å². The largest absolute Gasteiger partial charge is 0.469 e. The van der Waals surface area contributed by atoms with Gasteiger partial charge in [-0.25, -0.2) is 4.79 Å². The smallest absolute Gasteiger partial charge is 0.329 e. The van der Waals surface area contributed by atoms with Gasteiger partial charge < -0.3 is 19.5 Å². The van der Waals surface area contributed by atoms with Crippen LogP contribution in [0.2, 0.25) is 0 Å². The summed E-state index contributed by atoms with van der Waals surface area (Å²) in [5.74, 6) is -2.88. The van der Waals surface area contributed by atoms with Gasteiger partial charge in [-0.2, -0.15) is 0 Å². The summed E-state index contributed by atoms with van der Waals surface area (Å²) in [6, 6.07) is 13.3. The minimum absolute atomic E-state index is 0.154. The predicted molar refractivity (Wildman–Crippen MR) is 113 cm³/mol. The van der Waals surface area contributed by atoms with Gasteiger partial charge in [0, 0.05) is 18.1 Å².